The highest BCUT2D eigenvalue weighted by atomic mass is 32.2. The smallest absolute Gasteiger partial charge is 0.267 e. The van der Waals surface area contributed by atoms with Crippen LogP contribution in [0.15, 0.2) is 40.0 Å². The van der Waals surface area contributed by atoms with Crippen molar-refractivity contribution in [2.24, 2.45) is 0 Å². The largest absolute Gasteiger partial charge is 0.451 e. The van der Waals surface area contributed by atoms with E-state index in [1.54, 1.807) is 18.2 Å². The fraction of sp³-hybridized carbons (Fsp3) is 0.154. The van der Waals surface area contributed by atoms with Gasteiger partial charge in [-0.15, -0.1) is 11.8 Å². The molecular formula is C13H8F4N4OS. The molecule has 2 aromatic heterocycles. The standard InChI is InChI=1S/C13H8F4N4OS/c14-8-3-1-2-4-9(8)23-6-7-5-10(22)21-12(18-7)19-11(20-21)13(15,16)17/h1-5H,6H2,(H,18,19,20). The minimum atomic E-state index is -4.71. The molecule has 1 aromatic carbocycles. The lowest BCUT2D eigenvalue weighted by Crippen LogP contribution is -2.16. The molecule has 0 fully saturated rings. The van der Waals surface area contributed by atoms with Gasteiger partial charge in [-0.3, -0.25) is 9.89 Å². The highest BCUT2D eigenvalue weighted by molar-refractivity contribution is 7.98. The third-order valence-electron chi connectivity index (χ3n) is 2.86. The average Bonchev–Trinajstić information content (AvgIpc) is 2.91. The van der Waals surface area contributed by atoms with E-state index in [2.05, 4.69) is 9.97 Å². The summed E-state index contributed by atoms with van der Waals surface area (Å²) in [5, 5.41) is 1.85. The summed E-state index contributed by atoms with van der Waals surface area (Å²) in [6.45, 7) is 0. The van der Waals surface area contributed by atoms with Crippen LogP contribution in [-0.4, -0.2) is 19.6 Å². The van der Waals surface area contributed by atoms with E-state index in [9.17, 15) is 22.4 Å². The molecular weight excluding hydrogens is 336 g/mol. The Morgan fingerprint density at radius 2 is 1.96 bits per heavy atom. The molecule has 0 aliphatic rings. The summed E-state index contributed by atoms with van der Waals surface area (Å²) in [5.74, 6) is -1.98. The van der Waals surface area contributed by atoms with Gasteiger partial charge >= 0.3 is 6.18 Å². The molecule has 2 heterocycles. The highest BCUT2D eigenvalue weighted by Crippen LogP contribution is 2.26. The quantitative estimate of drug-likeness (QED) is 0.586. The minimum absolute atomic E-state index is 0.126. The van der Waals surface area contributed by atoms with E-state index in [4.69, 9.17) is 0 Å². The maximum atomic E-state index is 13.5. The van der Waals surface area contributed by atoms with Crippen LogP contribution >= 0.6 is 11.8 Å². The molecule has 0 aliphatic carbocycles. The first kappa shape index (κ1) is 15.5. The molecule has 0 spiro atoms. The molecule has 0 atom stereocenters. The van der Waals surface area contributed by atoms with Crippen molar-refractivity contribution in [2.45, 2.75) is 16.8 Å². The third kappa shape index (κ3) is 3.21. The SMILES string of the molecule is O=c1cc(CSc2ccccc2F)nc2nc(C(F)(F)F)[nH]n12. The van der Waals surface area contributed by atoms with Crippen molar-refractivity contribution in [3.63, 3.8) is 0 Å². The van der Waals surface area contributed by atoms with Gasteiger partial charge in [0.15, 0.2) is 0 Å². The number of H-pyrrole nitrogens is 1. The summed E-state index contributed by atoms with van der Waals surface area (Å²) in [5.41, 5.74) is -0.509. The third-order valence-corrected chi connectivity index (χ3v) is 3.95. The van der Waals surface area contributed by atoms with Gasteiger partial charge in [0.1, 0.15) is 5.82 Å². The van der Waals surface area contributed by atoms with Crippen molar-refractivity contribution in [1.82, 2.24) is 19.6 Å². The lowest BCUT2D eigenvalue weighted by atomic mass is 10.3. The maximum Gasteiger partial charge on any atom is 0.451 e. The van der Waals surface area contributed by atoms with E-state index in [-0.39, 0.29) is 17.2 Å². The predicted molar refractivity (Wildman–Crippen MR) is 74.6 cm³/mol. The molecule has 10 heteroatoms. The monoisotopic (exact) mass is 344 g/mol. The average molecular weight is 344 g/mol. The number of benzene rings is 1. The Morgan fingerprint density at radius 3 is 2.65 bits per heavy atom. The number of thioether (sulfide) groups is 1. The van der Waals surface area contributed by atoms with Gasteiger partial charge in [0, 0.05) is 16.7 Å². The second kappa shape index (κ2) is 5.69. The Hall–Kier alpha value is -2.36. The molecule has 23 heavy (non-hydrogen) atoms. The van der Waals surface area contributed by atoms with Crippen LogP contribution in [0, 0.1) is 5.82 Å². The Labute approximate surface area is 130 Å². The van der Waals surface area contributed by atoms with Gasteiger partial charge < -0.3 is 0 Å². The molecule has 3 aromatic rings. The van der Waals surface area contributed by atoms with E-state index in [1.807, 2.05) is 5.10 Å². The number of hydrogen-bond acceptors (Lipinski definition) is 4. The Balaban J connectivity index is 1.90. The topological polar surface area (TPSA) is 63.0 Å². The molecule has 0 unspecified atom stereocenters. The van der Waals surface area contributed by atoms with E-state index in [1.165, 1.54) is 6.07 Å². The van der Waals surface area contributed by atoms with Crippen molar-refractivity contribution in [1.29, 1.82) is 0 Å². The van der Waals surface area contributed by atoms with Gasteiger partial charge in [-0.2, -0.15) is 22.7 Å². The van der Waals surface area contributed by atoms with Gasteiger partial charge in [-0.25, -0.2) is 9.37 Å². The second-order valence-corrected chi connectivity index (χ2v) is 5.53. The minimum Gasteiger partial charge on any atom is -0.267 e. The second-order valence-electron chi connectivity index (χ2n) is 4.51. The van der Waals surface area contributed by atoms with Crippen molar-refractivity contribution < 1.29 is 17.6 Å². The first-order chi connectivity index (χ1) is 10.8. The maximum absolute atomic E-state index is 13.5. The molecule has 0 amide bonds. The molecule has 0 saturated carbocycles. The lowest BCUT2D eigenvalue weighted by molar-refractivity contribution is -0.144. The molecule has 0 radical (unpaired) electrons. The lowest BCUT2D eigenvalue weighted by Gasteiger charge is -2.02. The molecule has 5 nitrogen and oxygen atoms in total. The summed E-state index contributed by atoms with van der Waals surface area (Å²) < 4.78 is 51.9. The summed E-state index contributed by atoms with van der Waals surface area (Å²) in [6, 6.07) is 7.12. The van der Waals surface area contributed by atoms with Gasteiger partial charge in [0.05, 0.1) is 5.69 Å². The Kier molecular flexibility index (Phi) is 3.84. The van der Waals surface area contributed by atoms with E-state index >= 15 is 0 Å². The molecule has 0 bridgehead atoms. The van der Waals surface area contributed by atoms with Crippen LogP contribution in [-0.2, 0) is 11.9 Å². The van der Waals surface area contributed by atoms with Gasteiger partial charge in [0.25, 0.3) is 11.3 Å². The van der Waals surface area contributed by atoms with Crippen LogP contribution < -0.4 is 5.56 Å². The molecule has 0 aliphatic heterocycles. The van der Waals surface area contributed by atoms with E-state index in [0.717, 1.165) is 17.8 Å². The van der Waals surface area contributed by atoms with Crippen LogP contribution in [0.2, 0.25) is 0 Å². The number of rotatable bonds is 3. The number of hydrogen-bond donors (Lipinski definition) is 1. The molecule has 0 saturated heterocycles. The van der Waals surface area contributed by atoms with Crippen molar-refractivity contribution in [3.8, 4) is 0 Å². The Morgan fingerprint density at radius 1 is 1.22 bits per heavy atom. The fourth-order valence-electron chi connectivity index (χ4n) is 1.84. The van der Waals surface area contributed by atoms with Crippen molar-refractivity contribution >= 4 is 17.5 Å². The van der Waals surface area contributed by atoms with Crippen LogP contribution in [0.1, 0.15) is 11.5 Å². The summed E-state index contributed by atoms with van der Waals surface area (Å²) in [7, 11) is 0. The molecule has 120 valence electrons. The first-order valence-corrected chi connectivity index (χ1v) is 7.26. The zero-order valence-corrected chi connectivity index (χ0v) is 12.1. The summed E-state index contributed by atoms with van der Waals surface area (Å²) in [6.07, 6.45) is -4.71. The van der Waals surface area contributed by atoms with Crippen LogP contribution in [0.5, 0.6) is 0 Å². The van der Waals surface area contributed by atoms with Gasteiger partial charge in [0.2, 0.25) is 5.82 Å². The Bertz CT molecular complexity index is 918. The van der Waals surface area contributed by atoms with E-state index < -0.39 is 23.4 Å². The number of nitrogens with zero attached hydrogens (tertiary/aromatic N) is 3. The van der Waals surface area contributed by atoms with Crippen LogP contribution in [0.4, 0.5) is 17.6 Å². The van der Waals surface area contributed by atoms with Gasteiger partial charge in [-0.1, -0.05) is 12.1 Å². The number of nitrogens with one attached hydrogen (secondary N) is 1. The van der Waals surface area contributed by atoms with Gasteiger partial charge in [-0.05, 0) is 12.1 Å². The zero-order chi connectivity index (χ0) is 16.6. The number of alkyl halides is 3. The fourth-order valence-corrected chi connectivity index (χ4v) is 2.67. The summed E-state index contributed by atoms with van der Waals surface area (Å²) >= 11 is 1.08. The van der Waals surface area contributed by atoms with Crippen molar-refractivity contribution in [3.05, 3.63) is 58.0 Å². The molecule has 3 rings (SSSR count). The number of aromatic nitrogens is 4. The number of aromatic amines is 1. The number of fused-ring (bicyclic) bond motifs is 1. The summed E-state index contributed by atoms with van der Waals surface area (Å²) in [4.78, 5) is 19.3. The number of halogens is 4. The first-order valence-electron chi connectivity index (χ1n) is 6.28. The van der Waals surface area contributed by atoms with Crippen LogP contribution in [0.3, 0.4) is 0 Å². The zero-order valence-electron chi connectivity index (χ0n) is 11.3. The van der Waals surface area contributed by atoms with E-state index in [0.29, 0.717) is 9.41 Å². The molecule has 1 N–H and O–H groups in total. The predicted octanol–water partition coefficient (Wildman–Crippen LogP) is 2.87. The van der Waals surface area contributed by atoms with Crippen molar-refractivity contribution in [2.75, 3.05) is 0 Å². The van der Waals surface area contributed by atoms with Crippen LogP contribution in [0.25, 0.3) is 5.78 Å². The normalized spacial score (nSPS) is 12.0. The highest BCUT2D eigenvalue weighted by Gasteiger charge is 2.35.